The SMILES string of the molecule is CCOC(=O)CSCC(N)C(C)CC. The molecule has 0 aliphatic heterocycles. The summed E-state index contributed by atoms with van der Waals surface area (Å²) < 4.78 is 4.81. The Kier molecular flexibility index (Phi) is 7.99. The van der Waals surface area contributed by atoms with Crippen molar-refractivity contribution in [3.63, 3.8) is 0 Å². The summed E-state index contributed by atoms with van der Waals surface area (Å²) in [6, 6.07) is 0.180. The number of ether oxygens (including phenoxy) is 1. The van der Waals surface area contributed by atoms with Crippen LogP contribution in [0.3, 0.4) is 0 Å². The molecular weight excluding hydrogens is 198 g/mol. The van der Waals surface area contributed by atoms with Crippen LogP contribution in [0.5, 0.6) is 0 Å². The third-order valence-electron chi connectivity index (χ3n) is 2.21. The fraction of sp³-hybridized carbons (Fsp3) is 0.900. The zero-order valence-corrected chi connectivity index (χ0v) is 10.1. The predicted molar refractivity (Wildman–Crippen MR) is 61.4 cm³/mol. The second kappa shape index (κ2) is 8.12. The molecule has 4 heteroatoms. The van der Waals surface area contributed by atoms with Crippen LogP contribution in [-0.4, -0.2) is 30.1 Å². The summed E-state index contributed by atoms with van der Waals surface area (Å²) in [6.07, 6.45) is 1.08. The van der Waals surface area contributed by atoms with Gasteiger partial charge in [-0.25, -0.2) is 0 Å². The maximum absolute atomic E-state index is 11.0. The zero-order chi connectivity index (χ0) is 11.0. The van der Waals surface area contributed by atoms with Crippen molar-refractivity contribution in [2.75, 3.05) is 18.1 Å². The van der Waals surface area contributed by atoms with Gasteiger partial charge in [0.1, 0.15) is 0 Å². The van der Waals surface area contributed by atoms with Gasteiger partial charge < -0.3 is 10.5 Å². The van der Waals surface area contributed by atoms with Crippen LogP contribution in [0.25, 0.3) is 0 Å². The van der Waals surface area contributed by atoms with Gasteiger partial charge in [-0.2, -0.15) is 0 Å². The molecule has 3 nitrogen and oxygen atoms in total. The van der Waals surface area contributed by atoms with E-state index in [4.69, 9.17) is 10.5 Å². The molecule has 2 unspecified atom stereocenters. The van der Waals surface area contributed by atoms with Gasteiger partial charge in [0.05, 0.1) is 12.4 Å². The molecule has 0 fully saturated rings. The van der Waals surface area contributed by atoms with Gasteiger partial charge in [0.25, 0.3) is 0 Å². The van der Waals surface area contributed by atoms with Crippen molar-refractivity contribution >= 4 is 17.7 Å². The van der Waals surface area contributed by atoms with Crippen molar-refractivity contribution in [2.45, 2.75) is 33.2 Å². The lowest BCUT2D eigenvalue weighted by Gasteiger charge is -2.17. The summed E-state index contributed by atoms with van der Waals surface area (Å²) in [7, 11) is 0. The van der Waals surface area contributed by atoms with E-state index < -0.39 is 0 Å². The molecule has 0 saturated heterocycles. The molecule has 0 radical (unpaired) electrons. The number of carbonyl (C=O) groups excluding carboxylic acids is 1. The molecule has 0 aromatic carbocycles. The molecule has 2 N–H and O–H groups in total. The highest BCUT2D eigenvalue weighted by molar-refractivity contribution is 7.99. The van der Waals surface area contributed by atoms with Crippen LogP contribution in [0.1, 0.15) is 27.2 Å². The van der Waals surface area contributed by atoms with Gasteiger partial charge in [0, 0.05) is 11.8 Å². The zero-order valence-electron chi connectivity index (χ0n) is 9.29. The number of nitrogens with two attached hydrogens (primary N) is 1. The quantitative estimate of drug-likeness (QED) is 0.662. The normalized spacial score (nSPS) is 14.9. The average molecular weight is 219 g/mol. The van der Waals surface area contributed by atoms with E-state index in [0.717, 1.165) is 12.2 Å². The molecule has 84 valence electrons. The molecule has 0 spiro atoms. The standard InChI is InChI=1S/C10H21NO2S/c1-4-8(3)9(11)6-14-7-10(12)13-5-2/h8-9H,4-7,11H2,1-3H3. The third kappa shape index (κ3) is 6.27. The molecule has 14 heavy (non-hydrogen) atoms. The number of rotatable bonds is 7. The minimum absolute atomic E-state index is 0.145. The van der Waals surface area contributed by atoms with Crippen LogP contribution in [0, 0.1) is 5.92 Å². The number of hydrogen-bond donors (Lipinski definition) is 1. The Morgan fingerprint density at radius 2 is 2.14 bits per heavy atom. The highest BCUT2D eigenvalue weighted by Crippen LogP contribution is 2.11. The molecule has 0 aromatic rings. The van der Waals surface area contributed by atoms with Crippen LogP contribution >= 0.6 is 11.8 Å². The van der Waals surface area contributed by atoms with Crippen LogP contribution in [0.15, 0.2) is 0 Å². The first-order valence-corrected chi connectivity index (χ1v) is 6.26. The van der Waals surface area contributed by atoms with Crippen LogP contribution in [0.2, 0.25) is 0 Å². The molecule has 2 atom stereocenters. The number of hydrogen-bond acceptors (Lipinski definition) is 4. The van der Waals surface area contributed by atoms with Crippen molar-refractivity contribution in [2.24, 2.45) is 11.7 Å². The second-order valence-electron chi connectivity index (χ2n) is 3.37. The van der Waals surface area contributed by atoms with Gasteiger partial charge in [0.2, 0.25) is 0 Å². The summed E-state index contributed by atoms with van der Waals surface area (Å²) >= 11 is 1.55. The minimum atomic E-state index is -0.145. The Morgan fingerprint density at radius 3 is 2.64 bits per heavy atom. The summed E-state index contributed by atoms with van der Waals surface area (Å²) in [4.78, 5) is 11.0. The smallest absolute Gasteiger partial charge is 0.315 e. The largest absolute Gasteiger partial charge is 0.465 e. The Hall–Kier alpha value is -0.220. The van der Waals surface area contributed by atoms with Crippen LogP contribution < -0.4 is 5.73 Å². The van der Waals surface area contributed by atoms with E-state index in [1.807, 2.05) is 6.92 Å². The molecule has 0 rings (SSSR count). The molecule has 0 aliphatic carbocycles. The van der Waals surface area contributed by atoms with Crippen molar-refractivity contribution in [3.8, 4) is 0 Å². The first kappa shape index (κ1) is 13.8. The van der Waals surface area contributed by atoms with Gasteiger partial charge in [-0.3, -0.25) is 4.79 Å². The van der Waals surface area contributed by atoms with E-state index >= 15 is 0 Å². The maximum Gasteiger partial charge on any atom is 0.315 e. The van der Waals surface area contributed by atoms with Gasteiger partial charge in [-0.15, -0.1) is 11.8 Å². The predicted octanol–water partition coefficient (Wildman–Crippen LogP) is 1.66. The summed E-state index contributed by atoms with van der Waals surface area (Å²) in [5.74, 6) is 1.62. The molecule has 0 saturated carbocycles. The summed E-state index contributed by atoms with van der Waals surface area (Å²) in [5.41, 5.74) is 5.91. The van der Waals surface area contributed by atoms with E-state index in [1.54, 1.807) is 11.8 Å². The lowest BCUT2D eigenvalue weighted by atomic mass is 10.0. The Balaban J connectivity index is 3.48. The molecule has 0 amide bonds. The molecular formula is C10H21NO2S. The third-order valence-corrected chi connectivity index (χ3v) is 3.27. The highest BCUT2D eigenvalue weighted by Gasteiger charge is 2.11. The molecule has 0 heterocycles. The molecule has 0 aliphatic rings. The van der Waals surface area contributed by atoms with Crippen LogP contribution in [-0.2, 0) is 9.53 Å². The second-order valence-corrected chi connectivity index (χ2v) is 4.40. The Labute approximate surface area is 90.8 Å². The van der Waals surface area contributed by atoms with Crippen molar-refractivity contribution in [1.29, 1.82) is 0 Å². The van der Waals surface area contributed by atoms with E-state index in [9.17, 15) is 4.79 Å². The lowest BCUT2D eigenvalue weighted by molar-refractivity contribution is -0.139. The van der Waals surface area contributed by atoms with E-state index in [-0.39, 0.29) is 12.0 Å². The van der Waals surface area contributed by atoms with Crippen molar-refractivity contribution in [1.82, 2.24) is 0 Å². The van der Waals surface area contributed by atoms with E-state index in [1.165, 1.54) is 0 Å². The topological polar surface area (TPSA) is 52.3 Å². The minimum Gasteiger partial charge on any atom is -0.465 e. The lowest BCUT2D eigenvalue weighted by Crippen LogP contribution is -2.30. The van der Waals surface area contributed by atoms with Gasteiger partial charge >= 0.3 is 5.97 Å². The van der Waals surface area contributed by atoms with Crippen LogP contribution in [0.4, 0.5) is 0 Å². The number of thioether (sulfide) groups is 1. The summed E-state index contributed by atoms with van der Waals surface area (Å²) in [5, 5.41) is 0. The first-order valence-electron chi connectivity index (χ1n) is 5.10. The van der Waals surface area contributed by atoms with Crippen molar-refractivity contribution in [3.05, 3.63) is 0 Å². The first-order chi connectivity index (χ1) is 6.61. The monoisotopic (exact) mass is 219 g/mol. The maximum atomic E-state index is 11.0. The van der Waals surface area contributed by atoms with E-state index in [2.05, 4.69) is 13.8 Å². The Bertz CT molecular complexity index is 164. The van der Waals surface area contributed by atoms with Gasteiger partial charge in [0.15, 0.2) is 0 Å². The fourth-order valence-corrected chi connectivity index (χ4v) is 1.92. The average Bonchev–Trinajstić information content (AvgIpc) is 2.16. The van der Waals surface area contributed by atoms with Gasteiger partial charge in [-0.05, 0) is 12.8 Å². The van der Waals surface area contributed by atoms with E-state index in [0.29, 0.717) is 18.3 Å². The highest BCUT2D eigenvalue weighted by atomic mass is 32.2. The van der Waals surface area contributed by atoms with Crippen molar-refractivity contribution < 1.29 is 9.53 Å². The number of esters is 1. The fourth-order valence-electron chi connectivity index (χ4n) is 0.948. The number of carbonyl (C=O) groups is 1. The van der Waals surface area contributed by atoms with Gasteiger partial charge in [-0.1, -0.05) is 20.3 Å². The summed E-state index contributed by atoms with van der Waals surface area (Å²) in [6.45, 7) is 6.53. The molecule has 0 aromatic heterocycles. The molecule has 0 bridgehead atoms. The Morgan fingerprint density at radius 1 is 1.50 bits per heavy atom.